The van der Waals surface area contributed by atoms with Gasteiger partial charge < -0.3 is 0 Å². The fourth-order valence-electron chi connectivity index (χ4n) is 1.30. The molecule has 90 valence electrons. The van der Waals surface area contributed by atoms with Gasteiger partial charge in [-0.2, -0.15) is 8.42 Å². The lowest BCUT2D eigenvalue weighted by atomic mass is 10.2. The summed E-state index contributed by atoms with van der Waals surface area (Å²) in [4.78, 5) is 0.253. The van der Waals surface area contributed by atoms with Gasteiger partial charge in [0.25, 0.3) is 10.1 Å². The minimum atomic E-state index is -3.57. The SMILES string of the molecule is CCCCOS(=O)(=O)c1cccc(CC)c1. The largest absolute Gasteiger partial charge is 0.296 e. The van der Waals surface area contributed by atoms with E-state index in [2.05, 4.69) is 0 Å². The number of hydrogen-bond donors (Lipinski definition) is 0. The van der Waals surface area contributed by atoms with Gasteiger partial charge in [0, 0.05) is 0 Å². The van der Waals surface area contributed by atoms with Gasteiger partial charge in [-0.15, -0.1) is 0 Å². The Morgan fingerprint density at radius 1 is 1.25 bits per heavy atom. The first kappa shape index (κ1) is 13.2. The normalized spacial score (nSPS) is 11.6. The van der Waals surface area contributed by atoms with Gasteiger partial charge >= 0.3 is 0 Å². The molecule has 0 fully saturated rings. The molecule has 0 saturated carbocycles. The molecule has 3 nitrogen and oxygen atoms in total. The summed E-state index contributed by atoms with van der Waals surface area (Å²) in [6, 6.07) is 6.89. The van der Waals surface area contributed by atoms with Crippen LogP contribution in [0, 0.1) is 0 Å². The van der Waals surface area contributed by atoms with Gasteiger partial charge in [0.1, 0.15) is 0 Å². The Morgan fingerprint density at radius 2 is 2.00 bits per heavy atom. The summed E-state index contributed by atoms with van der Waals surface area (Å²) >= 11 is 0. The third-order valence-corrected chi connectivity index (χ3v) is 3.64. The molecule has 0 bridgehead atoms. The van der Waals surface area contributed by atoms with E-state index in [1.807, 2.05) is 19.9 Å². The molecule has 1 rings (SSSR count). The van der Waals surface area contributed by atoms with Crippen molar-refractivity contribution in [3.8, 4) is 0 Å². The molecule has 0 aliphatic carbocycles. The van der Waals surface area contributed by atoms with Crippen LogP contribution in [0.15, 0.2) is 29.2 Å². The maximum absolute atomic E-state index is 11.8. The molecule has 4 heteroatoms. The van der Waals surface area contributed by atoms with E-state index in [0.29, 0.717) is 0 Å². The number of rotatable bonds is 6. The highest BCUT2D eigenvalue weighted by Crippen LogP contribution is 2.15. The monoisotopic (exact) mass is 242 g/mol. The highest BCUT2D eigenvalue weighted by atomic mass is 32.2. The van der Waals surface area contributed by atoms with Crippen LogP contribution >= 0.6 is 0 Å². The topological polar surface area (TPSA) is 43.4 Å². The molecule has 0 aliphatic heterocycles. The molecule has 0 heterocycles. The highest BCUT2D eigenvalue weighted by molar-refractivity contribution is 7.86. The van der Waals surface area contributed by atoms with Crippen molar-refractivity contribution < 1.29 is 12.6 Å². The molecular weight excluding hydrogens is 224 g/mol. The Morgan fingerprint density at radius 3 is 2.62 bits per heavy atom. The fourth-order valence-corrected chi connectivity index (χ4v) is 2.32. The van der Waals surface area contributed by atoms with E-state index in [9.17, 15) is 8.42 Å². The molecule has 1 aromatic rings. The zero-order valence-electron chi connectivity index (χ0n) is 9.77. The van der Waals surface area contributed by atoms with Crippen molar-refractivity contribution in [1.82, 2.24) is 0 Å². The molecule has 0 atom stereocenters. The van der Waals surface area contributed by atoms with Crippen molar-refractivity contribution in [3.63, 3.8) is 0 Å². The van der Waals surface area contributed by atoms with Crippen LogP contribution in [-0.2, 0) is 20.7 Å². The van der Waals surface area contributed by atoms with Crippen LogP contribution in [0.1, 0.15) is 32.3 Å². The van der Waals surface area contributed by atoms with E-state index >= 15 is 0 Å². The van der Waals surface area contributed by atoms with E-state index < -0.39 is 10.1 Å². The van der Waals surface area contributed by atoms with Gasteiger partial charge in [0.05, 0.1) is 11.5 Å². The maximum Gasteiger partial charge on any atom is 0.296 e. The minimum absolute atomic E-state index is 0.253. The zero-order chi connectivity index (χ0) is 12.0. The minimum Gasteiger partial charge on any atom is -0.266 e. The first-order valence-electron chi connectivity index (χ1n) is 5.58. The lowest BCUT2D eigenvalue weighted by Gasteiger charge is -2.06. The first-order valence-corrected chi connectivity index (χ1v) is 6.99. The van der Waals surface area contributed by atoms with Crippen LogP contribution in [0.4, 0.5) is 0 Å². The average molecular weight is 242 g/mol. The molecule has 0 saturated heterocycles. The van der Waals surface area contributed by atoms with Crippen LogP contribution in [0.3, 0.4) is 0 Å². The Labute approximate surface area is 97.6 Å². The van der Waals surface area contributed by atoms with E-state index in [0.717, 1.165) is 24.8 Å². The van der Waals surface area contributed by atoms with E-state index in [1.54, 1.807) is 18.2 Å². The van der Waals surface area contributed by atoms with E-state index in [4.69, 9.17) is 4.18 Å². The van der Waals surface area contributed by atoms with Crippen molar-refractivity contribution >= 4 is 10.1 Å². The summed E-state index contributed by atoms with van der Waals surface area (Å²) in [6.07, 6.45) is 2.50. The van der Waals surface area contributed by atoms with Gasteiger partial charge in [-0.05, 0) is 30.5 Å². The van der Waals surface area contributed by atoms with Crippen molar-refractivity contribution in [2.24, 2.45) is 0 Å². The Kier molecular flexibility index (Phi) is 4.96. The van der Waals surface area contributed by atoms with Crippen molar-refractivity contribution in [3.05, 3.63) is 29.8 Å². The molecule has 0 radical (unpaired) electrons. The lowest BCUT2D eigenvalue weighted by Crippen LogP contribution is -2.07. The van der Waals surface area contributed by atoms with Crippen LogP contribution in [0.25, 0.3) is 0 Å². The van der Waals surface area contributed by atoms with Crippen LogP contribution in [-0.4, -0.2) is 15.0 Å². The Balaban J connectivity index is 2.81. The summed E-state index contributed by atoms with van der Waals surface area (Å²) in [5.74, 6) is 0. The van der Waals surface area contributed by atoms with Crippen LogP contribution in [0.2, 0.25) is 0 Å². The predicted octanol–water partition coefficient (Wildman–Crippen LogP) is 2.75. The summed E-state index contributed by atoms with van der Waals surface area (Å²) in [7, 11) is -3.57. The standard InChI is InChI=1S/C12H18O3S/c1-3-5-9-15-16(13,14)12-8-6-7-11(4-2)10-12/h6-8,10H,3-5,9H2,1-2H3. The summed E-state index contributed by atoms with van der Waals surface area (Å²) in [5.41, 5.74) is 1.00. The fraction of sp³-hybridized carbons (Fsp3) is 0.500. The second-order valence-electron chi connectivity index (χ2n) is 3.63. The van der Waals surface area contributed by atoms with Gasteiger partial charge in [-0.1, -0.05) is 32.4 Å². The molecule has 0 aromatic heterocycles. The zero-order valence-corrected chi connectivity index (χ0v) is 10.6. The second-order valence-corrected chi connectivity index (χ2v) is 5.25. The summed E-state index contributed by atoms with van der Waals surface area (Å²) < 4.78 is 28.4. The van der Waals surface area contributed by atoms with Gasteiger partial charge in [0.2, 0.25) is 0 Å². The van der Waals surface area contributed by atoms with Gasteiger partial charge in [-0.3, -0.25) is 4.18 Å². The first-order chi connectivity index (χ1) is 7.60. The number of hydrogen-bond acceptors (Lipinski definition) is 3. The third kappa shape index (κ3) is 3.61. The van der Waals surface area contributed by atoms with Crippen LogP contribution < -0.4 is 0 Å². The lowest BCUT2D eigenvalue weighted by molar-refractivity contribution is 0.311. The molecular formula is C12H18O3S. The van der Waals surface area contributed by atoms with Crippen molar-refractivity contribution in [2.45, 2.75) is 38.0 Å². The number of aryl methyl sites for hydroxylation is 1. The Bertz CT molecular complexity index is 424. The number of unbranched alkanes of at least 4 members (excludes halogenated alkanes) is 1. The molecule has 0 spiro atoms. The third-order valence-electron chi connectivity index (χ3n) is 2.33. The van der Waals surface area contributed by atoms with E-state index in [1.165, 1.54) is 0 Å². The molecule has 16 heavy (non-hydrogen) atoms. The second kappa shape index (κ2) is 6.01. The van der Waals surface area contributed by atoms with Crippen LogP contribution in [0.5, 0.6) is 0 Å². The smallest absolute Gasteiger partial charge is 0.266 e. The molecule has 1 aromatic carbocycles. The summed E-state index contributed by atoms with van der Waals surface area (Å²) in [5, 5.41) is 0. The average Bonchev–Trinajstić information content (AvgIpc) is 2.29. The number of benzene rings is 1. The van der Waals surface area contributed by atoms with Crippen molar-refractivity contribution in [1.29, 1.82) is 0 Å². The van der Waals surface area contributed by atoms with Gasteiger partial charge in [0.15, 0.2) is 0 Å². The summed E-state index contributed by atoms with van der Waals surface area (Å²) in [6.45, 7) is 4.24. The highest BCUT2D eigenvalue weighted by Gasteiger charge is 2.14. The maximum atomic E-state index is 11.8. The predicted molar refractivity (Wildman–Crippen MR) is 63.9 cm³/mol. The molecule has 0 N–H and O–H groups in total. The molecule has 0 unspecified atom stereocenters. The van der Waals surface area contributed by atoms with Gasteiger partial charge in [-0.25, -0.2) is 0 Å². The van der Waals surface area contributed by atoms with E-state index in [-0.39, 0.29) is 11.5 Å². The quantitative estimate of drug-likeness (QED) is 0.569. The van der Waals surface area contributed by atoms with Crippen molar-refractivity contribution in [2.75, 3.05) is 6.61 Å². The Hall–Kier alpha value is -0.870. The molecule has 0 aliphatic rings. The molecule has 0 amide bonds.